The number of piperidine rings is 1. The summed E-state index contributed by atoms with van der Waals surface area (Å²) in [5.74, 6) is 0.476. The predicted octanol–water partition coefficient (Wildman–Crippen LogP) is 0.607. The molecule has 2 amide bonds. The van der Waals surface area contributed by atoms with Crippen LogP contribution in [0.25, 0.3) is 0 Å². The molecule has 0 spiro atoms. The standard InChI is InChI=1S/C14H27N3O2/c1-14(2,3)13(19)16-9-12(18)17-7-5-6-11(10-17)8-15-4/h11,15H,5-10H2,1-4H3,(H,16,19). The summed E-state index contributed by atoms with van der Waals surface area (Å²) in [6.07, 6.45) is 2.21. The van der Waals surface area contributed by atoms with Crippen molar-refractivity contribution in [3.63, 3.8) is 0 Å². The van der Waals surface area contributed by atoms with Crippen molar-refractivity contribution in [2.45, 2.75) is 33.6 Å². The molecule has 1 atom stereocenters. The number of nitrogens with zero attached hydrogens (tertiary/aromatic N) is 1. The van der Waals surface area contributed by atoms with Crippen molar-refractivity contribution in [2.24, 2.45) is 11.3 Å². The molecule has 1 aliphatic heterocycles. The van der Waals surface area contributed by atoms with E-state index in [9.17, 15) is 9.59 Å². The van der Waals surface area contributed by atoms with Crippen LogP contribution in [0.15, 0.2) is 0 Å². The van der Waals surface area contributed by atoms with Gasteiger partial charge in [-0.15, -0.1) is 0 Å². The Morgan fingerprint density at radius 3 is 2.58 bits per heavy atom. The fourth-order valence-electron chi connectivity index (χ4n) is 2.28. The third kappa shape index (κ3) is 5.19. The molecule has 0 aromatic carbocycles. The summed E-state index contributed by atoms with van der Waals surface area (Å²) >= 11 is 0. The monoisotopic (exact) mass is 269 g/mol. The number of carbonyl (C=O) groups is 2. The van der Waals surface area contributed by atoms with Crippen LogP contribution in [0.2, 0.25) is 0 Å². The first kappa shape index (κ1) is 16.0. The Hall–Kier alpha value is -1.10. The van der Waals surface area contributed by atoms with E-state index in [4.69, 9.17) is 0 Å². The molecule has 0 radical (unpaired) electrons. The van der Waals surface area contributed by atoms with Crippen LogP contribution in [0.5, 0.6) is 0 Å². The van der Waals surface area contributed by atoms with Gasteiger partial charge in [0.15, 0.2) is 0 Å². The van der Waals surface area contributed by atoms with Gasteiger partial charge in [0.2, 0.25) is 11.8 Å². The van der Waals surface area contributed by atoms with E-state index < -0.39 is 5.41 Å². The number of likely N-dealkylation sites (tertiary alicyclic amines) is 1. The van der Waals surface area contributed by atoms with Crippen LogP contribution in [0, 0.1) is 11.3 Å². The fourth-order valence-corrected chi connectivity index (χ4v) is 2.28. The molecule has 5 heteroatoms. The smallest absolute Gasteiger partial charge is 0.241 e. The van der Waals surface area contributed by atoms with Crippen LogP contribution in [0.1, 0.15) is 33.6 Å². The van der Waals surface area contributed by atoms with Crippen molar-refractivity contribution < 1.29 is 9.59 Å². The Kier molecular flexibility index (Phi) is 5.79. The highest BCUT2D eigenvalue weighted by molar-refractivity contribution is 5.87. The molecule has 5 nitrogen and oxygen atoms in total. The van der Waals surface area contributed by atoms with E-state index >= 15 is 0 Å². The highest BCUT2D eigenvalue weighted by Crippen LogP contribution is 2.16. The Labute approximate surface area is 116 Å². The van der Waals surface area contributed by atoms with Crippen molar-refractivity contribution in [3.05, 3.63) is 0 Å². The molecular weight excluding hydrogens is 242 g/mol. The maximum atomic E-state index is 12.1. The lowest BCUT2D eigenvalue weighted by Crippen LogP contribution is -2.47. The van der Waals surface area contributed by atoms with Gasteiger partial charge in [-0.1, -0.05) is 20.8 Å². The molecule has 0 bridgehead atoms. The lowest BCUT2D eigenvalue weighted by molar-refractivity contribution is -0.136. The second kappa shape index (κ2) is 6.89. The SMILES string of the molecule is CNCC1CCCN(C(=O)CNC(=O)C(C)(C)C)C1. The van der Waals surface area contributed by atoms with Gasteiger partial charge in [0.1, 0.15) is 0 Å². The molecule has 19 heavy (non-hydrogen) atoms. The zero-order valence-electron chi connectivity index (χ0n) is 12.6. The van der Waals surface area contributed by atoms with Crippen LogP contribution in [0.3, 0.4) is 0 Å². The van der Waals surface area contributed by atoms with Crippen molar-refractivity contribution in [1.82, 2.24) is 15.5 Å². The average molecular weight is 269 g/mol. The number of rotatable bonds is 4. The largest absolute Gasteiger partial charge is 0.347 e. The Morgan fingerprint density at radius 2 is 2.00 bits per heavy atom. The first-order valence-electron chi connectivity index (χ1n) is 7.05. The van der Waals surface area contributed by atoms with E-state index in [0.29, 0.717) is 5.92 Å². The molecule has 0 aromatic rings. The maximum Gasteiger partial charge on any atom is 0.241 e. The molecule has 1 rings (SSSR count). The van der Waals surface area contributed by atoms with E-state index in [0.717, 1.165) is 26.1 Å². The summed E-state index contributed by atoms with van der Waals surface area (Å²) in [5, 5.41) is 5.88. The van der Waals surface area contributed by atoms with E-state index in [1.807, 2.05) is 32.7 Å². The first-order chi connectivity index (χ1) is 8.84. The molecule has 0 aromatic heterocycles. The molecule has 1 aliphatic rings. The van der Waals surface area contributed by atoms with Crippen molar-refractivity contribution >= 4 is 11.8 Å². The van der Waals surface area contributed by atoms with Gasteiger partial charge in [-0.25, -0.2) is 0 Å². The van der Waals surface area contributed by atoms with E-state index in [1.54, 1.807) is 0 Å². The van der Waals surface area contributed by atoms with Gasteiger partial charge in [-0.05, 0) is 32.4 Å². The van der Waals surface area contributed by atoms with Gasteiger partial charge < -0.3 is 15.5 Å². The van der Waals surface area contributed by atoms with Gasteiger partial charge >= 0.3 is 0 Å². The van der Waals surface area contributed by atoms with Gasteiger partial charge in [0.25, 0.3) is 0 Å². The quantitative estimate of drug-likeness (QED) is 0.786. The zero-order chi connectivity index (χ0) is 14.5. The van der Waals surface area contributed by atoms with Gasteiger partial charge in [-0.2, -0.15) is 0 Å². The zero-order valence-corrected chi connectivity index (χ0v) is 12.6. The van der Waals surface area contributed by atoms with Gasteiger partial charge in [-0.3, -0.25) is 9.59 Å². The normalized spacial score (nSPS) is 20.2. The second-order valence-electron chi connectivity index (χ2n) is 6.34. The van der Waals surface area contributed by atoms with Crippen molar-refractivity contribution in [3.8, 4) is 0 Å². The first-order valence-corrected chi connectivity index (χ1v) is 7.05. The lowest BCUT2D eigenvalue weighted by Gasteiger charge is -2.33. The fraction of sp³-hybridized carbons (Fsp3) is 0.857. The molecule has 1 saturated heterocycles. The number of hydrogen-bond donors (Lipinski definition) is 2. The Morgan fingerprint density at radius 1 is 1.32 bits per heavy atom. The van der Waals surface area contributed by atoms with Crippen LogP contribution in [0.4, 0.5) is 0 Å². The average Bonchev–Trinajstić information content (AvgIpc) is 2.35. The Bertz CT molecular complexity index is 321. The second-order valence-corrected chi connectivity index (χ2v) is 6.34. The lowest BCUT2D eigenvalue weighted by atomic mass is 9.95. The molecule has 0 aliphatic carbocycles. The summed E-state index contributed by atoms with van der Waals surface area (Å²) in [7, 11) is 1.93. The minimum absolute atomic E-state index is 0.0263. The molecule has 1 heterocycles. The number of carbonyl (C=O) groups excluding carboxylic acids is 2. The summed E-state index contributed by atoms with van der Waals surface area (Å²) in [5.41, 5.74) is -0.448. The summed E-state index contributed by atoms with van der Waals surface area (Å²) in [6, 6.07) is 0. The Balaban J connectivity index is 2.39. The van der Waals surface area contributed by atoms with Crippen molar-refractivity contribution in [2.75, 3.05) is 33.2 Å². The summed E-state index contributed by atoms with van der Waals surface area (Å²) < 4.78 is 0. The number of amides is 2. The maximum absolute atomic E-state index is 12.1. The minimum atomic E-state index is -0.448. The van der Waals surface area contributed by atoms with Crippen LogP contribution >= 0.6 is 0 Å². The topological polar surface area (TPSA) is 61.4 Å². The third-order valence-corrected chi connectivity index (χ3v) is 3.45. The summed E-state index contributed by atoms with van der Waals surface area (Å²) in [4.78, 5) is 25.7. The van der Waals surface area contributed by atoms with Crippen LogP contribution in [-0.4, -0.2) is 49.9 Å². The molecule has 0 saturated carbocycles. The molecule has 110 valence electrons. The highest BCUT2D eigenvalue weighted by Gasteiger charge is 2.25. The van der Waals surface area contributed by atoms with Crippen LogP contribution in [-0.2, 0) is 9.59 Å². The minimum Gasteiger partial charge on any atom is -0.347 e. The van der Waals surface area contributed by atoms with Crippen molar-refractivity contribution in [1.29, 1.82) is 0 Å². The number of hydrogen-bond acceptors (Lipinski definition) is 3. The van der Waals surface area contributed by atoms with E-state index in [-0.39, 0.29) is 18.4 Å². The van der Waals surface area contributed by atoms with Gasteiger partial charge in [0.05, 0.1) is 6.54 Å². The van der Waals surface area contributed by atoms with E-state index in [1.165, 1.54) is 6.42 Å². The van der Waals surface area contributed by atoms with Crippen LogP contribution < -0.4 is 10.6 Å². The molecular formula is C14H27N3O2. The molecule has 1 fully saturated rings. The summed E-state index contributed by atoms with van der Waals surface area (Å²) in [6.45, 7) is 8.19. The third-order valence-electron chi connectivity index (χ3n) is 3.45. The van der Waals surface area contributed by atoms with Gasteiger partial charge in [0, 0.05) is 18.5 Å². The van der Waals surface area contributed by atoms with E-state index in [2.05, 4.69) is 10.6 Å². The molecule has 1 unspecified atom stereocenters. The number of nitrogens with one attached hydrogen (secondary N) is 2. The molecule has 2 N–H and O–H groups in total. The highest BCUT2D eigenvalue weighted by atomic mass is 16.2. The predicted molar refractivity (Wildman–Crippen MR) is 75.7 cm³/mol.